The lowest BCUT2D eigenvalue weighted by Crippen LogP contribution is -2.56. The Balaban J connectivity index is 1.94. The third kappa shape index (κ3) is 3.12. The van der Waals surface area contributed by atoms with Crippen LogP contribution in [0.3, 0.4) is 0 Å². The third-order valence-corrected chi connectivity index (χ3v) is 3.59. The van der Waals surface area contributed by atoms with Gasteiger partial charge in [0.15, 0.2) is 0 Å². The lowest BCUT2D eigenvalue weighted by Gasteiger charge is -2.35. The molecule has 2 rings (SSSR count). The molecule has 0 amide bonds. The monoisotopic (exact) mass is 254 g/mol. The predicted octanol–water partition coefficient (Wildman–Crippen LogP) is 1.79. The lowest BCUT2D eigenvalue weighted by molar-refractivity contribution is 0.182. The first kappa shape index (κ1) is 12.7. The van der Waals surface area contributed by atoms with Crippen molar-refractivity contribution in [3.8, 4) is 5.75 Å². The van der Waals surface area contributed by atoms with Gasteiger partial charge in [0.2, 0.25) is 0 Å². The average Bonchev–Trinajstić information content (AvgIpc) is 2.24. The molecule has 0 spiro atoms. The van der Waals surface area contributed by atoms with Gasteiger partial charge in [0.05, 0.1) is 7.11 Å². The fourth-order valence-electron chi connectivity index (χ4n) is 2.01. The van der Waals surface area contributed by atoms with E-state index in [-0.39, 0.29) is 0 Å². The van der Waals surface area contributed by atoms with E-state index >= 15 is 0 Å². The molecule has 0 radical (unpaired) electrons. The zero-order valence-corrected chi connectivity index (χ0v) is 11.1. The maximum absolute atomic E-state index is 6.01. The van der Waals surface area contributed by atoms with Crippen LogP contribution in [0.5, 0.6) is 5.75 Å². The Morgan fingerprint density at radius 2 is 2.24 bits per heavy atom. The van der Waals surface area contributed by atoms with Crippen LogP contribution in [0.1, 0.15) is 5.56 Å². The normalized spacial score (nSPS) is 16.0. The van der Waals surface area contributed by atoms with Gasteiger partial charge in [-0.3, -0.25) is 0 Å². The minimum atomic E-state index is 0.681. The molecular formula is C13H19ClN2O. The standard InChI is InChI=1S/C13H19ClN2O/c1-16(12-8-15-9-12)6-5-10-7-11(14)3-4-13(10)17-2/h3-4,7,12,15H,5-6,8-9H2,1-2H3. The smallest absolute Gasteiger partial charge is 0.122 e. The molecule has 4 heteroatoms. The molecule has 17 heavy (non-hydrogen) atoms. The van der Waals surface area contributed by atoms with E-state index in [1.807, 2.05) is 18.2 Å². The summed E-state index contributed by atoms with van der Waals surface area (Å²) in [6.45, 7) is 3.23. The van der Waals surface area contributed by atoms with Gasteiger partial charge in [-0.15, -0.1) is 0 Å². The molecule has 0 bridgehead atoms. The van der Waals surface area contributed by atoms with Crippen LogP contribution in [0.4, 0.5) is 0 Å². The number of halogens is 1. The SMILES string of the molecule is COc1ccc(Cl)cc1CCN(C)C1CNC1. The molecule has 3 nitrogen and oxygen atoms in total. The van der Waals surface area contributed by atoms with Gasteiger partial charge >= 0.3 is 0 Å². The van der Waals surface area contributed by atoms with E-state index in [9.17, 15) is 0 Å². The molecule has 1 aromatic rings. The molecule has 1 heterocycles. The number of likely N-dealkylation sites (N-methyl/N-ethyl adjacent to an activating group) is 1. The molecule has 1 N–H and O–H groups in total. The maximum atomic E-state index is 6.01. The molecule has 1 aliphatic heterocycles. The molecule has 0 atom stereocenters. The lowest BCUT2D eigenvalue weighted by atomic mass is 10.1. The maximum Gasteiger partial charge on any atom is 0.122 e. The van der Waals surface area contributed by atoms with Crippen LogP contribution in [0.2, 0.25) is 5.02 Å². The van der Waals surface area contributed by atoms with Crippen molar-refractivity contribution in [3.63, 3.8) is 0 Å². The summed E-state index contributed by atoms with van der Waals surface area (Å²) < 4.78 is 5.34. The van der Waals surface area contributed by atoms with Gasteiger partial charge < -0.3 is 15.0 Å². The summed E-state index contributed by atoms with van der Waals surface area (Å²) in [6, 6.07) is 6.47. The molecule has 94 valence electrons. The quantitative estimate of drug-likeness (QED) is 0.867. The molecular weight excluding hydrogens is 236 g/mol. The van der Waals surface area contributed by atoms with Gasteiger partial charge in [-0.1, -0.05) is 11.6 Å². The van der Waals surface area contributed by atoms with Crippen LogP contribution >= 0.6 is 11.6 Å². The van der Waals surface area contributed by atoms with Crippen molar-refractivity contribution in [1.82, 2.24) is 10.2 Å². The van der Waals surface area contributed by atoms with Gasteiger partial charge in [-0.2, -0.15) is 0 Å². The number of ether oxygens (including phenoxy) is 1. The van der Waals surface area contributed by atoms with Crippen molar-refractivity contribution in [1.29, 1.82) is 0 Å². The van der Waals surface area contributed by atoms with E-state index < -0.39 is 0 Å². The largest absolute Gasteiger partial charge is 0.496 e. The summed E-state index contributed by atoms with van der Waals surface area (Å²) >= 11 is 6.01. The topological polar surface area (TPSA) is 24.5 Å². The summed E-state index contributed by atoms with van der Waals surface area (Å²) in [5, 5.41) is 4.06. The number of rotatable bonds is 5. The van der Waals surface area contributed by atoms with Crippen molar-refractivity contribution in [2.45, 2.75) is 12.5 Å². The summed E-state index contributed by atoms with van der Waals surface area (Å²) in [5.41, 5.74) is 1.18. The van der Waals surface area contributed by atoms with E-state index in [1.54, 1.807) is 7.11 Å². The number of nitrogens with zero attached hydrogens (tertiary/aromatic N) is 1. The molecule has 1 saturated heterocycles. The zero-order chi connectivity index (χ0) is 12.3. The second-order valence-electron chi connectivity index (χ2n) is 4.50. The molecule has 0 aliphatic carbocycles. The van der Waals surface area contributed by atoms with Crippen LogP contribution in [0.25, 0.3) is 0 Å². The zero-order valence-electron chi connectivity index (χ0n) is 10.4. The summed E-state index contributed by atoms with van der Waals surface area (Å²) in [5.74, 6) is 0.925. The number of hydrogen-bond acceptors (Lipinski definition) is 3. The summed E-state index contributed by atoms with van der Waals surface area (Å²) in [7, 11) is 3.87. The second kappa shape index (κ2) is 5.71. The summed E-state index contributed by atoms with van der Waals surface area (Å²) in [4.78, 5) is 2.39. The average molecular weight is 255 g/mol. The fraction of sp³-hybridized carbons (Fsp3) is 0.538. The highest BCUT2D eigenvalue weighted by molar-refractivity contribution is 6.30. The van der Waals surface area contributed by atoms with E-state index in [0.717, 1.165) is 36.8 Å². The van der Waals surface area contributed by atoms with Gasteiger partial charge in [0, 0.05) is 30.7 Å². The van der Waals surface area contributed by atoms with Crippen LogP contribution in [0, 0.1) is 0 Å². The van der Waals surface area contributed by atoms with Crippen molar-refractivity contribution >= 4 is 11.6 Å². The van der Waals surface area contributed by atoms with Crippen molar-refractivity contribution < 1.29 is 4.74 Å². The van der Waals surface area contributed by atoms with Gasteiger partial charge in [-0.05, 0) is 37.2 Å². The van der Waals surface area contributed by atoms with Crippen LogP contribution in [-0.4, -0.2) is 44.7 Å². The highest BCUT2D eigenvalue weighted by Crippen LogP contribution is 2.23. The van der Waals surface area contributed by atoms with E-state index in [0.29, 0.717) is 6.04 Å². The second-order valence-corrected chi connectivity index (χ2v) is 4.94. The Morgan fingerprint density at radius 3 is 2.82 bits per heavy atom. The molecule has 1 fully saturated rings. The van der Waals surface area contributed by atoms with Crippen molar-refractivity contribution in [3.05, 3.63) is 28.8 Å². The number of benzene rings is 1. The van der Waals surface area contributed by atoms with E-state index in [1.165, 1.54) is 5.56 Å². The van der Waals surface area contributed by atoms with Crippen molar-refractivity contribution in [2.75, 3.05) is 33.8 Å². The first-order valence-electron chi connectivity index (χ1n) is 5.94. The molecule has 1 aliphatic rings. The third-order valence-electron chi connectivity index (χ3n) is 3.36. The summed E-state index contributed by atoms with van der Waals surface area (Å²) in [6.07, 6.45) is 0.969. The van der Waals surface area contributed by atoms with Gasteiger partial charge in [0.25, 0.3) is 0 Å². The highest BCUT2D eigenvalue weighted by atomic mass is 35.5. The molecule has 0 unspecified atom stereocenters. The Bertz CT molecular complexity index is 380. The number of hydrogen-bond donors (Lipinski definition) is 1. The Labute approximate surface area is 108 Å². The van der Waals surface area contributed by atoms with Gasteiger partial charge in [-0.25, -0.2) is 0 Å². The molecule has 0 saturated carbocycles. The minimum Gasteiger partial charge on any atom is -0.496 e. The fourth-order valence-corrected chi connectivity index (χ4v) is 2.20. The minimum absolute atomic E-state index is 0.681. The molecule has 0 aromatic heterocycles. The first-order chi connectivity index (χ1) is 8.20. The Kier molecular flexibility index (Phi) is 4.26. The van der Waals surface area contributed by atoms with E-state index in [4.69, 9.17) is 16.3 Å². The Morgan fingerprint density at radius 1 is 1.47 bits per heavy atom. The Hall–Kier alpha value is -0.770. The van der Waals surface area contributed by atoms with Crippen molar-refractivity contribution in [2.24, 2.45) is 0 Å². The predicted molar refractivity (Wildman–Crippen MR) is 71.0 cm³/mol. The molecule has 1 aromatic carbocycles. The van der Waals surface area contributed by atoms with Gasteiger partial charge in [0.1, 0.15) is 5.75 Å². The number of nitrogens with one attached hydrogen (secondary N) is 1. The first-order valence-corrected chi connectivity index (χ1v) is 6.32. The van der Waals surface area contributed by atoms with Crippen LogP contribution in [-0.2, 0) is 6.42 Å². The van der Waals surface area contributed by atoms with E-state index in [2.05, 4.69) is 17.3 Å². The highest BCUT2D eigenvalue weighted by Gasteiger charge is 2.21. The number of methoxy groups -OCH3 is 1. The van der Waals surface area contributed by atoms with Crippen LogP contribution in [0.15, 0.2) is 18.2 Å². The van der Waals surface area contributed by atoms with Crippen LogP contribution < -0.4 is 10.1 Å².